The normalized spacial score (nSPS) is 31.1. The summed E-state index contributed by atoms with van der Waals surface area (Å²) in [5.41, 5.74) is 6.00. The fourth-order valence-corrected chi connectivity index (χ4v) is 2.92. The van der Waals surface area contributed by atoms with E-state index in [1.807, 2.05) is 11.9 Å². The first-order valence-corrected chi connectivity index (χ1v) is 6.74. The summed E-state index contributed by atoms with van der Waals surface area (Å²) in [6.45, 7) is 2.49. The van der Waals surface area contributed by atoms with Crippen LogP contribution in [0.5, 0.6) is 0 Å². The monoisotopic (exact) mass is 276 g/mol. The SMILES string of the molecule is CN(CC1CCOC1)C(=O)C[C@@H]1CCC[C@H]1N.Cl. The van der Waals surface area contributed by atoms with Crippen molar-refractivity contribution in [2.45, 2.75) is 38.1 Å². The van der Waals surface area contributed by atoms with Crippen LogP contribution >= 0.6 is 12.4 Å². The van der Waals surface area contributed by atoms with Crippen molar-refractivity contribution in [3.63, 3.8) is 0 Å². The molecule has 1 aliphatic heterocycles. The molecule has 1 amide bonds. The molecule has 1 aliphatic carbocycles. The first-order valence-electron chi connectivity index (χ1n) is 6.74. The highest BCUT2D eigenvalue weighted by molar-refractivity contribution is 5.85. The molecule has 2 aliphatic rings. The Morgan fingerprint density at radius 1 is 1.39 bits per heavy atom. The van der Waals surface area contributed by atoms with Gasteiger partial charge in [0, 0.05) is 38.6 Å². The van der Waals surface area contributed by atoms with Crippen molar-refractivity contribution in [1.29, 1.82) is 0 Å². The van der Waals surface area contributed by atoms with Gasteiger partial charge in [-0.3, -0.25) is 4.79 Å². The van der Waals surface area contributed by atoms with Crippen LogP contribution in [0.15, 0.2) is 0 Å². The van der Waals surface area contributed by atoms with E-state index in [1.165, 1.54) is 6.42 Å². The molecular weight excluding hydrogens is 252 g/mol. The second-order valence-corrected chi connectivity index (χ2v) is 5.56. The quantitative estimate of drug-likeness (QED) is 0.845. The number of rotatable bonds is 4. The van der Waals surface area contributed by atoms with E-state index in [2.05, 4.69) is 0 Å². The summed E-state index contributed by atoms with van der Waals surface area (Å²) in [5.74, 6) is 1.19. The van der Waals surface area contributed by atoms with Gasteiger partial charge in [-0.2, -0.15) is 0 Å². The summed E-state index contributed by atoms with van der Waals surface area (Å²) < 4.78 is 5.33. The van der Waals surface area contributed by atoms with Crippen molar-refractivity contribution in [2.75, 3.05) is 26.8 Å². The number of amides is 1. The van der Waals surface area contributed by atoms with Crippen molar-refractivity contribution in [1.82, 2.24) is 4.90 Å². The number of carbonyl (C=O) groups excluding carboxylic acids is 1. The number of hydrogen-bond donors (Lipinski definition) is 1. The minimum atomic E-state index is 0. The van der Waals surface area contributed by atoms with Gasteiger partial charge in [0.05, 0.1) is 6.61 Å². The summed E-state index contributed by atoms with van der Waals surface area (Å²) >= 11 is 0. The molecule has 1 saturated carbocycles. The van der Waals surface area contributed by atoms with Gasteiger partial charge in [0.2, 0.25) is 5.91 Å². The van der Waals surface area contributed by atoms with Crippen molar-refractivity contribution in [3.05, 3.63) is 0 Å². The first-order chi connectivity index (χ1) is 8.16. The molecule has 1 saturated heterocycles. The van der Waals surface area contributed by atoms with Gasteiger partial charge in [-0.1, -0.05) is 6.42 Å². The van der Waals surface area contributed by atoms with Gasteiger partial charge in [-0.15, -0.1) is 12.4 Å². The van der Waals surface area contributed by atoms with Gasteiger partial charge in [0.15, 0.2) is 0 Å². The van der Waals surface area contributed by atoms with Crippen molar-refractivity contribution in [2.24, 2.45) is 17.6 Å². The summed E-state index contributed by atoms with van der Waals surface area (Å²) in [5, 5.41) is 0. The molecule has 106 valence electrons. The Labute approximate surface area is 116 Å². The topological polar surface area (TPSA) is 55.6 Å². The zero-order valence-electron chi connectivity index (χ0n) is 11.1. The van der Waals surface area contributed by atoms with Crippen LogP contribution in [0.25, 0.3) is 0 Å². The molecule has 5 heteroatoms. The Balaban J connectivity index is 0.00000162. The third-order valence-corrected chi connectivity index (χ3v) is 4.14. The molecule has 4 nitrogen and oxygen atoms in total. The maximum Gasteiger partial charge on any atom is 0.222 e. The number of halogens is 1. The molecule has 0 spiro atoms. The Kier molecular flexibility index (Phi) is 6.39. The number of nitrogens with zero attached hydrogens (tertiary/aromatic N) is 1. The summed E-state index contributed by atoms with van der Waals surface area (Å²) in [7, 11) is 1.90. The van der Waals surface area contributed by atoms with Crippen molar-refractivity contribution >= 4 is 18.3 Å². The largest absolute Gasteiger partial charge is 0.381 e. The van der Waals surface area contributed by atoms with Crippen LogP contribution in [0.1, 0.15) is 32.1 Å². The fraction of sp³-hybridized carbons (Fsp3) is 0.923. The third-order valence-electron chi connectivity index (χ3n) is 4.14. The zero-order valence-corrected chi connectivity index (χ0v) is 12.0. The molecule has 0 aromatic carbocycles. The van der Waals surface area contributed by atoms with E-state index in [0.717, 1.165) is 39.0 Å². The predicted molar refractivity (Wildman–Crippen MR) is 73.7 cm³/mol. The average molecular weight is 277 g/mol. The Bertz CT molecular complexity index is 270. The van der Waals surface area contributed by atoms with E-state index >= 15 is 0 Å². The van der Waals surface area contributed by atoms with E-state index in [4.69, 9.17) is 10.5 Å². The van der Waals surface area contributed by atoms with Crippen LogP contribution in [-0.2, 0) is 9.53 Å². The average Bonchev–Trinajstić information content (AvgIpc) is 2.91. The highest BCUT2D eigenvalue weighted by atomic mass is 35.5. The lowest BCUT2D eigenvalue weighted by Crippen LogP contribution is -2.35. The molecule has 2 fully saturated rings. The predicted octanol–water partition coefficient (Wildman–Crippen LogP) is 1.42. The molecule has 2 N–H and O–H groups in total. The van der Waals surface area contributed by atoms with Crippen molar-refractivity contribution in [3.8, 4) is 0 Å². The maximum absolute atomic E-state index is 12.1. The number of ether oxygens (including phenoxy) is 1. The summed E-state index contributed by atoms with van der Waals surface area (Å²) in [6, 6.07) is 0.238. The molecule has 2 rings (SSSR count). The number of nitrogens with two attached hydrogens (primary N) is 1. The van der Waals surface area contributed by atoms with Crippen LogP contribution in [-0.4, -0.2) is 43.7 Å². The number of carbonyl (C=O) groups is 1. The van der Waals surface area contributed by atoms with Crippen LogP contribution < -0.4 is 5.73 Å². The molecule has 0 radical (unpaired) electrons. The Hall–Kier alpha value is -0.320. The molecule has 1 unspecified atom stereocenters. The third kappa shape index (κ3) is 4.11. The summed E-state index contributed by atoms with van der Waals surface area (Å²) in [6.07, 6.45) is 5.09. The highest BCUT2D eigenvalue weighted by Gasteiger charge is 2.28. The van der Waals surface area contributed by atoms with Crippen LogP contribution in [0.4, 0.5) is 0 Å². The Morgan fingerprint density at radius 2 is 2.17 bits per heavy atom. The molecule has 3 atom stereocenters. The highest BCUT2D eigenvalue weighted by Crippen LogP contribution is 2.27. The lowest BCUT2D eigenvalue weighted by molar-refractivity contribution is -0.131. The van der Waals surface area contributed by atoms with Gasteiger partial charge >= 0.3 is 0 Å². The molecule has 0 bridgehead atoms. The van der Waals surface area contributed by atoms with Crippen LogP contribution in [0.2, 0.25) is 0 Å². The van der Waals surface area contributed by atoms with E-state index in [9.17, 15) is 4.79 Å². The Morgan fingerprint density at radius 3 is 2.72 bits per heavy atom. The molecule has 18 heavy (non-hydrogen) atoms. The van der Waals surface area contributed by atoms with E-state index in [0.29, 0.717) is 18.3 Å². The lowest BCUT2D eigenvalue weighted by atomic mass is 9.99. The van der Waals surface area contributed by atoms with Crippen LogP contribution in [0, 0.1) is 11.8 Å². The van der Waals surface area contributed by atoms with E-state index in [1.54, 1.807) is 0 Å². The minimum absolute atomic E-state index is 0. The second-order valence-electron chi connectivity index (χ2n) is 5.56. The van der Waals surface area contributed by atoms with Crippen molar-refractivity contribution < 1.29 is 9.53 Å². The van der Waals surface area contributed by atoms with Gasteiger partial charge < -0.3 is 15.4 Å². The van der Waals surface area contributed by atoms with Crippen LogP contribution in [0.3, 0.4) is 0 Å². The maximum atomic E-state index is 12.1. The van der Waals surface area contributed by atoms with Gasteiger partial charge in [-0.25, -0.2) is 0 Å². The van der Waals surface area contributed by atoms with Gasteiger partial charge in [-0.05, 0) is 25.2 Å². The lowest BCUT2D eigenvalue weighted by Gasteiger charge is -2.23. The van der Waals surface area contributed by atoms with E-state index in [-0.39, 0.29) is 24.4 Å². The smallest absolute Gasteiger partial charge is 0.222 e. The zero-order chi connectivity index (χ0) is 12.3. The van der Waals surface area contributed by atoms with Gasteiger partial charge in [0.1, 0.15) is 0 Å². The minimum Gasteiger partial charge on any atom is -0.381 e. The van der Waals surface area contributed by atoms with Gasteiger partial charge in [0.25, 0.3) is 0 Å². The molecule has 0 aromatic heterocycles. The second kappa shape index (κ2) is 7.31. The number of hydrogen-bond acceptors (Lipinski definition) is 3. The first kappa shape index (κ1) is 15.7. The fourth-order valence-electron chi connectivity index (χ4n) is 2.92. The molecule has 1 heterocycles. The molecular formula is C13H25ClN2O2. The van der Waals surface area contributed by atoms with E-state index < -0.39 is 0 Å². The molecule has 0 aromatic rings. The standard InChI is InChI=1S/C13H24N2O2.ClH/c1-15(8-10-5-6-17-9-10)13(16)7-11-3-2-4-12(11)14;/h10-12H,2-9,14H2,1H3;1H/t10?,11-,12+;/m0./s1. The summed E-state index contributed by atoms with van der Waals surface area (Å²) in [4.78, 5) is 13.9.